The van der Waals surface area contributed by atoms with Crippen molar-refractivity contribution in [2.75, 3.05) is 11.4 Å². The van der Waals surface area contributed by atoms with Gasteiger partial charge in [0.2, 0.25) is 0 Å². The molecule has 2 nitrogen and oxygen atoms in total. The van der Waals surface area contributed by atoms with Gasteiger partial charge in [0, 0.05) is 25.2 Å². The second kappa shape index (κ2) is 5.72. The van der Waals surface area contributed by atoms with Crippen LogP contribution in [0.25, 0.3) is 0 Å². The monoisotopic (exact) mass is 276 g/mol. The summed E-state index contributed by atoms with van der Waals surface area (Å²) >= 11 is 0. The van der Waals surface area contributed by atoms with Crippen LogP contribution in [0.2, 0.25) is 0 Å². The molecule has 0 spiro atoms. The van der Waals surface area contributed by atoms with Crippen LogP contribution in [0.15, 0.2) is 18.2 Å². The van der Waals surface area contributed by atoms with Crippen molar-refractivity contribution in [1.82, 2.24) is 5.32 Å². The quantitative estimate of drug-likeness (QED) is 0.902. The fourth-order valence-corrected chi connectivity index (χ4v) is 3.17. The molecule has 1 N–H and O–H groups in total. The van der Waals surface area contributed by atoms with E-state index in [9.17, 15) is 4.39 Å². The van der Waals surface area contributed by atoms with Crippen molar-refractivity contribution in [1.29, 1.82) is 0 Å². The SMILES string of the molecule is CC1CCC(C)N(c2c(F)cccc2CNC2CC2)C1. The van der Waals surface area contributed by atoms with Crippen LogP contribution in [-0.4, -0.2) is 18.6 Å². The maximum Gasteiger partial charge on any atom is 0.146 e. The smallest absolute Gasteiger partial charge is 0.146 e. The maximum atomic E-state index is 14.4. The Hall–Kier alpha value is -1.09. The number of benzene rings is 1. The summed E-state index contributed by atoms with van der Waals surface area (Å²) in [5, 5.41) is 3.51. The van der Waals surface area contributed by atoms with E-state index in [0.717, 1.165) is 30.8 Å². The van der Waals surface area contributed by atoms with Gasteiger partial charge < -0.3 is 10.2 Å². The molecule has 1 aliphatic heterocycles. The molecule has 2 atom stereocenters. The number of hydrogen-bond donors (Lipinski definition) is 1. The Balaban J connectivity index is 1.85. The van der Waals surface area contributed by atoms with Gasteiger partial charge in [0.1, 0.15) is 5.82 Å². The van der Waals surface area contributed by atoms with Gasteiger partial charge in [0.15, 0.2) is 0 Å². The fraction of sp³-hybridized carbons (Fsp3) is 0.647. The van der Waals surface area contributed by atoms with Gasteiger partial charge in [-0.15, -0.1) is 0 Å². The second-order valence-electron chi connectivity index (χ2n) is 6.59. The summed E-state index contributed by atoms with van der Waals surface area (Å²) < 4.78 is 14.4. The molecule has 1 saturated carbocycles. The van der Waals surface area contributed by atoms with Gasteiger partial charge in [-0.25, -0.2) is 4.39 Å². The lowest BCUT2D eigenvalue weighted by atomic mass is 9.93. The molecule has 20 heavy (non-hydrogen) atoms. The Kier molecular flexibility index (Phi) is 3.97. The summed E-state index contributed by atoms with van der Waals surface area (Å²) in [6.45, 7) is 6.24. The molecule has 0 amide bonds. The minimum Gasteiger partial charge on any atom is -0.366 e. The molecule has 0 radical (unpaired) electrons. The molecule has 0 aromatic heterocycles. The molecular weight excluding hydrogens is 251 g/mol. The minimum absolute atomic E-state index is 0.0685. The zero-order valence-electron chi connectivity index (χ0n) is 12.5. The van der Waals surface area contributed by atoms with Crippen LogP contribution in [0.4, 0.5) is 10.1 Å². The first-order valence-electron chi connectivity index (χ1n) is 7.92. The van der Waals surface area contributed by atoms with E-state index in [-0.39, 0.29) is 5.82 Å². The number of piperidine rings is 1. The van der Waals surface area contributed by atoms with Crippen LogP contribution in [0.5, 0.6) is 0 Å². The summed E-state index contributed by atoms with van der Waals surface area (Å²) in [7, 11) is 0. The molecule has 1 aliphatic carbocycles. The number of hydrogen-bond acceptors (Lipinski definition) is 2. The summed E-state index contributed by atoms with van der Waals surface area (Å²) in [6, 6.07) is 6.59. The predicted molar refractivity (Wildman–Crippen MR) is 81.5 cm³/mol. The Morgan fingerprint density at radius 2 is 2.00 bits per heavy atom. The van der Waals surface area contributed by atoms with Crippen LogP contribution in [0.3, 0.4) is 0 Å². The van der Waals surface area contributed by atoms with Crippen molar-refractivity contribution in [3.05, 3.63) is 29.6 Å². The molecule has 1 saturated heterocycles. The molecule has 3 heteroatoms. The van der Waals surface area contributed by atoms with E-state index in [2.05, 4.69) is 30.1 Å². The molecule has 2 unspecified atom stereocenters. The number of para-hydroxylation sites is 1. The molecule has 2 aliphatic rings. The molecule has 1 heterocycles. The van der Waals surface area contributed by atoms with Gasteiger partial charge in [-0.1, -0.05) is 19.1 Å². The molecule has 1 aromatic carbocycles. The van der Waals surface area contributed by atoms with E-state index in [1.54, 1.807) is 6.07 Å². The van der Waals surface area contributed by atoms with Gasteiger partial charge in [-0.05, 0) is 50.2 Å². The van der Waals surface area contributed by atoms with Crippen LogP contribution >= 0.6 is 0 Å². The zero-order chi connectivity index (χ0) is 14.1. The Bertz CT molecular complexity index is 470. The van der Waals surface area contributed by atoms with Gasteiger partial charge in [-0.3, -0.25) is 0 Å². The van der Waals surface area contributed by atoms with Crippen molar-refractivity contribution >= 4 is 5.69 Å². The second-order valence-corrected chi connectivity index (χ2v) is 6.59. The van der Waals surface area contributed by atoms with Crippen LogP contribution in [0.1, 0.15) is 45.1 Å². The van der Waals surface area contributed by atoms with Crippen LogP contribution in [-0.2, 0) is 6.54 Å². The standard InChI is InChI=1S/C17H25FN2/c1-12-6-7-13(2)20(11-12)17-14(4-3-5-16(17)18)10-19-15-8-9-15/h3-5,12-13,15,19H,6-11H2,1-2H3. The van der Waals surface area contributed by atoms with E-state index in [0.29, 0.717) is 18.0 Å². The Labute approximate surface area is 121 Å². The van der Waals surface area contributed by atoms with E-state index >= 15 is 0 Å². The van der Waals surface area contributed by atoms with E-state index in [1.807, 2.05) is 6.07 Å². The third-order valence-corrected chi connectivity index (χ3v) is 4.63. The number of rotatable bonds is 4. The topological polar surface area (TPSA) is 15.3 Å². The normalized spacial score (nSPS) is 26.9. The lowest BCUT2D eigenvalue weighted by molar-refractivity contribution is 0.385. The minimum atomic E-state index is -0.0685. The summed E-state index contributed by atoms with van der Waals surface area (Å²) in [4.78, 5) is 2.29. The van der Waals surface area contributed by atoms with E-state index in [4.69, 9.17) is 0 Å². The molecule has 110 valence electrons. The average molecular weight is 276 g/mol. The highest BCUT2D eigenvalue weighted by atomic mass is 19.1. The highest BCUT2D eigenvalue weighted by Gasteiger charge is 2.27. The van der Waals surface area contributed by atoms with E-state index in [1.165, 1.54) is 19.3 Å². The molecule has 0 bridgehead atoms. The average Bonchev–Trinajstić information content (AvgIpc) is 3.24. The summed E-state index contributed by atoms with van der Waals surface area (Å²) in [5.74, 6) is 0.580. The first-order chi connectivity index (χ1) is 9.65. The highest BCUT2D eigenvalue weighted by Crippen LogP contribution is 2.32. The summed E-state index contributed by atoms with van der Waals surface area (Å²) in [6.07, 6.45) is 4.94. The molecular formula is C17H25FN2. The number of anilines is 1. The highest BCUT2D eigenvalue weighted by molar-refractivity contribution is 5.56. The predicted octanol–water partition coefficient (Wildman–Crippen LogP) is 3.70. The first kappa shape index (κ1) is 13.9. The lowest BCUT2D eigenvalue weighted by Crippen LogP contribution is -2.42. The van der Waals surface area contributed by atoms with Crippen molar-refractivity contribution in [2.24, 2.45) is 5.92 Å². The van der Waals surface area contributed by atoms with Gasteiger partial charge in [-0.2, -0.15) is 0 Å². The third kappa shape index (κ3) is 2.98. The number of nitrogens with one attached hydrogen (secondary N) is 1. The molecule has 3 rings (SSSR count). The first-order valence-corrected chi connectivity index (χ1v) is 7.92. The van der Waals surface area contributed by atoms with Crippen molar-refractivity contribution < 1.29 is 4.39 Å². The van der Waals surface area contributed by atoms with Crippen molar-refractivity contribution in [3.63, 3.8) is 0 Å². The summed E-state index contributed by atoms with van der Waals surface area (Å²) in [5.41, 5.74) is 1.94. The van der Waals surface area contributed by atoms with Crippen molar-refractivity contribution in [2.45, 2.75) is 58.2 Å². The molecule has 1 aromatic rings. The van der Waals surface area contributed by atoms with Gasteiger partial charge in [0.25, 0.3) is 0 Å². The fourth-order valence-electron chi connectivity index (χ4n) is 3.17. The number of halogens is 1. The van der Waals surface area contributed by atoms with E-state index < -0.39 is 0 Å². The van der Waals surface area contributed by atoms with Gasteiger partial charge in [0.05, 0.1) is 5.69 Å². The third-order valence-electron chi connectivity index (χ3n) is 4.63. The van der Waals surface area contributed by atoms with Crippen LogP contribution < -0.4 is 10.2 Å². The maximum absolute atomic E-state index is 14.4. The lowest BCUT2D eigenvalue weighted by Gasteiger charge is -2.39. The zero-order valence-corrected chi connectivity index (χ0v) is 12.5. The van der Waals surface area contributed by atoms with Gasteiger partial charge >= 0.3 is 0 Å². The van der Waals surface area contributed by atoms with Crippen molar-refractivity contribution in [3.8, 4) is 0 Å². The Morgan fingerprint density at radius 1 is 1.20 bits per heavy atom. The van der Waals surface area contributed by atoms with Crippen LogP contribution in [0, 0.1) is 11.7 Å². The molecule has 2 fully saturated rings. The Morgan fingerprint density at radius 3 is 2.75 bits per heavy atom. The largest absolute Gasteiger partial charge is 0.366 e. The number of nitrogens with zero attached hydrogens (tertiary/aromatic N) is 1.